The third-order valence-electron chi connectivity index (χ3n) is 4.83. The molecule has 0 unspecified atom stereocenters. The minimum atomic E-state index is -0.229. The minimum absolute atomic E-state index is 0.0653. The standard InChI is InChI=1S/C21H24N2O3/c1-23-11-9-15(10-12-23)20(24)16-5-3-7-18(13-16)22-21(25)17-6-4-8-19(14-17)26-2/h3-8,13-15H,9-12H2,1-2H3,(H,22,25). The topological polar surface area (TPSA) is 58.6 Å². The molecule has 1 heterocycles. The van der Waals surface area contributed by atoms with Crippen LogP contribution < -0.4 is 10.1 Å². The number of hydrogen-bond acceptors (Lipinski definition) is 4. The first kappa shape index (κ1) is 18.1. The van der Waals surface area contributed by atoms with Crippen molar-refractivity contribution in [1.29, 1.82) is 0 Å². The van der Waals surface area contributed by atoms with Gasteiger partial charge in [0, 0.05) is 22.7 Å². The smallest absolute Gasteiger partial charge is 0.255 e. The molecule has 0 bridgehead atoms. The Labute approximate surface area is 154 Å². The van der Waals surface area contributed by atoms with Crippen molar-refractivity contribution in [3.63, 3.8) is 0 Å². The molecule has 3 rings (SSSR count). The van der Waals surface area contributed by atoms with Crippen LogP contribution in [0.5, 0.6) is 5.75 Å². The average molecular weight is 352 g/mol. The minimum Gasteiger partial charge on any atom is -0.497 e. The number of benzene rings is 2. The van der Waals surface area contributed by atoms with Crippen LogP contribution in [0.2, 0.25) is 0 Å². The van der Waals surface area contributed by atoms with Gasteiger partial charge < -0.3 is 15.0 Å². The molecule has 2 aromatic carbocycles. The number of nitrogens with one attached hydrogen (secondary N) is 1. The molecule has 1 aliphatic heterocycles. The molecule has 0 spiro atoms. The molecule has 1 N–H and O–H groups in total. The van der Waals surface area contributed by atoms with Crippen LogP contribution in [0, 0.1) is 5.92 Å². The van der Waals surface area contributed by atoms with E-state index in [1.165, 1.54) is 0 Å². The van der Waals surface area contributed by atoms with E-state index >= 15 is 0 Å². The first-order valence-corrected chi connectivity index (χ1v) is 8.85. The maximum Gasteiger partial charge on any atom is 0.255 e. The molecule has 0 atom stereocenters. The Morgan fingerprint density at radius 1 is 1.04 bits per heavy atom. The molecule has 0 aliphatic carbocycles. The van der Waals surface area contributed by atoms with Crippen LogP contribution in [0.15, 0.2) is 48.5 Å². The van der Waals surface area contributed by atoms with Gasteiger partial charge >= 0.3 is 0 Å². The Balaban J connectivity index is 1.70. The molecule has 1 aliphatic rings. The van der Waals surface area contributed by atoms with Gasteiger partial charge in [0.1, 0.15) is 5.75 Å². The van der Waals surface area contributed by atoms with Gasteiger partial charge in [0.05, 0.1) is 7.11 Å². The summed E-state index contributed by atoms with van der Waals surface area (Å²) in [5.74, 6) is 0.628. The van der Waals surface area contributed by atoms with Crippen LogP contribution in [0.25, 0.3) is 0 Å². The second kappa shape index (κ2) is 8.15. The summed E-state index contributed by atoms with van der Waals surface area (Å²) in [6, 6.07) is 14.2. The van der Waals surface area contributed by atoms with Crippen molar-refractivity contribution in [2.75, 3.05) is 32.6 Å². The lowest BCUT2D eigenvalue weighted by Gasteiger charge is -2.28. The zero-order chi connectivity index (χ0) is 18.5. The molecular weight excluding hydrogens is 328 g/mol. The number of ketones is 1. The van der Waals surface area contributed by atoms with E-state index in [1.54, 1.807) is 43.5 Å². The van der Waals surface area contributed by atoms with E-state index in [1.807, 2.05) is 12.1 Å². The molecule has 136 valence electrons. The number of carbonyl (C=O) groups excluding carboxylic acids is 2. The molecule has 26 heavy (non-hydrogen) atoms. The fraction of sp³-hybridized carbons (Fsp3) is 0.333. The maximum atomic E-state index is 12.8. The summed E-state index contributed by atoms with van der Waals surface area (Å²) in [6.45, 7) is 1.89. The van der Waals surface area contributed by atoms with Gasteiger partial charge in [0.15, 0.2) is 5.78 Å². The Hall–Kier alpha value is -2.66. The SMILES string of the molecule is COc1cccc(C(=O)Nc2cccc(C(=O)C3CCN(C)CC3)c2)c1. The van der Waals surface area contributed by atoms with Crippen molar-refractivity contribution >= 4 is 17.4 Å². The molecule has 0 saturated carbocycles. The van der Waals surface area contributed by atoms with Crippen molar-refractivity contribution in [2.45, 2.75) is 12.8 Å². The molecule has 5 heteroatoms. The molecule has 0 radical (unpaired) electrons. The zero-order valence-corrected chi connectivity index (χ0v) is 15.2. The number of ether oxygens (including phenoxy) is 1. The fourth-order valence-corrected chi connectivity index (χ4v) is 3.22. The first-order chi connectivity index (χ1) is 12.6. The van der Waals surface area contributed by atoms with Gasteiger partial charge in [-0.05, 0) is 63.3 Å². The summed E-state index contributed by atoms with van der Waals surface area (Å²) in [7, 11) is 3.64. The largest absolute Gasteiger partial charge is 0.497 e. The van der Waals surface area contributed by atoms with E-state index in [-0.39, 0.29) is 17.6 Å². The highest BCUT2D eigenvalue weighted by Crippen LogP contribution is 2.23. The monoisotopic (exact) mass is 352 g/mol. The van der Waals surface area contributed by atoms with E-state index in [0.717, 1.165) is 25.9 Å². The summed E-state index contributed by atoms with van der Waals surface area (Å²) in [4.78, 5) is 27.4. The number of nitrogens with zero attached hydrogens (tertiary/aromatic N) is 1. The average Bonchev–Trinajstić information content (AvgIpc) is 2.68. The van der Waals surface area contributed by atoms with Crippen molar-refractivity contribution in [3.8, 4) is 5.75 Å². The Morgan fingerprint density at radius 2 is 1.73 bits per heavy atom. The third kappa shape index (κ3) is 4.29. The van der Waals surface area contributed by atoms with Crippen LogP contribution in [0.3, 0.4) is 0 Å². The second-order valence-corrected chi connectivity index (χ2v) is 6.71. The van der Waals surface area contributed by atoms with Crippen LogP contribution in [0.4, 0.5) is 5.69 Å². The van der Waals surface area contributed by atoms with Gasteiger partial charge in [-0.25, -0.2) is 0 Å². The second-order valence-electron chi connectivity index (χ2n) is 6.71. The number of likely N-dealkylation sites (tertiary alicyclic amines) is 1. The van der Waals surface area contributed by atoms with Crippen LogP contribution in [0.1, 0.15) is 33.6 Å². The molecule has 2 aromatic rings. The predicted molar refractivity (Wildman–Crippen MR) is 102 cm³/mol. The summed E-state index contributed by atoms with van der Waals surface area (Å²) < 4.78 is 5.15. The van der Waals surface area contributed by atoms with Gasteiger partial charge in [-0.3, -0.25) is 9.59 Å². The van der Waals surface area contributed by atoms with E-state index in [0.29, 0.717) is 22.6 Å². The van der Waals surface area contributed by atoms with Crippen molar-refractivity contribution in [3.05, 3.63) is 59.7 Å². The van der Waals surface area contributed by atoms with Gasteiger partial charge in [-0.2, -0.15) is 0 Å². The fourth-order valence-electron chi connectivity index (χ4n) is 3.22. The number of methoxy groups -OCH3 is 1. The molecule has 5 nitrogen and oxygen atoms in total. The molecular formula is C21H24N2O3. The Bertz CT molecular complexity index is 795. The molecule has 1 amide bonds. The molecule has 1 saturated heterocycles. The van der Waals surface area contributed by atoms with E-state index in [9.17, 15) is 9.59 Å². The highest BCUT2D eigenvalue weighted by atomic mass is 16.5. The van der Waals surface area contributed by atoms with Gasteiger partial charge in [-0.15, -0.1) is 0 Å². The number of hydrogen-bond donors (Lipinski definition) is 1. The maximum absolute atomic E-state index is 12.8. The Kier molecular flexibility index (Phi) is 5.68. The quantitative estimate of drug-likeness (QED) is 0.837. The zero-order valence-electron chi connectivity index (χ0n) is 15.2. The summed E-state index contributed by atoms with van der Waals surface area (Å²) in [6.07, 6.45) is 1.77. The molecule has 0 aromatic heterocycles. The summed E-state index contributed by atoms with van der Waals surface area (Å²) in [5.41, 5.74) is 1.79. The van der Waals surface area contributed by atoms with Crippen LogP contribution >= 0.6 is 0 Å². The lowest BCUT2D eigenvalue weighted by molar-refractivity contribution is 0.0856. The third-order valence-corrected chi connectivity index (χ3v) is 4.83. The number of rotatable bonds is 5. The van der Waals surface area contributed by atoms with Gasteiger partial charge in [0.2, 0.25) is 0 Å². The molecule has 1 fully saturated rings. The number of piperidine rings is 1. The van der Waals surface area contributed by atoms with Crippen LogP contribution in [-0.4, -0.2) is 43.8 Å². The summed E-state index contributed by atoms with van der Waals surface area (Å²) in [5, 5.41) is 2.86. The highest BCUT2D eigenvalue weighted by Gasteiger charge is 2.24. The first-order valence-electron chi connectivity index (χ1n) is 8.85. The predicted octanol–water partition coefficient (Wildman–Crippen LogP) is 3.47. The lowest BCUT2D eigenvalue weighted by atomic mass is 9.89. The highest BCUT2D eigenvalue weighted by molar-refractivity contribution is 6.05. The summed E-state index contributed by atoms with van der Waals surface area (Å²) >= 11 is 0. The number of carbonyl (C=O) groups is 2. The Morgan fingerprint density at radius 3 is 2.46 bits per heavy atom. The van der Waals surface area contributed by atoms with E-state index < -0.39 is 0 Å². The van der Waals surface area contributed by atoms with Crippen molar-refractivity contribution < 1.29 is 14.3 Å². The lowest BCUT2D eigenvalue weighted by Crippen LogP contribution is -2.33. The van der Waals surface area contributed by atoms with Crippen LogP contribution in [-0.2, 0) is 0 Å². The van der Waals surface area contributed by atoms with E-state index in [4.69, 9.17) is 4.74 Å². The van der Waals surface area contributed by atoms with Crippen molar-refractivity contribution in [2.24, 2.45) is 5.92 Å². The number of anilines is 1. The van der Waals surface area contributed by atoms with Crippen molar-refractivity contribution in [1.82, 2.24) is 4.90 Å². The number of amides is 1. The van der Waals surface area contributed by atoms with Gasteiger partial charge in [-0.1, -0.05) is 18.2 Å². The van der Waals surface area contributed by atoms with E-state index in [2.05, 4.69) is 17.3 Å². The number of Topliss-reactive ketones (excluding diaryl/α,β-unsaturated/α-hetero) is 1. The van der Waals surface area contributed by atoms with Gasteiger partial charge in [0.25, 0.3) is 5.91 Å². The normalized spacial score (nSPS) is 15.5.